The number of furan rings is 1. The van der Waals surface area contributed by atoms with Crippen molar-refractivity contribution in [2.24, 2.45) is 0 Å². The number of aliphatic hydroxyl groups excluding tert-OH is 1. The molecule has 3 aromatic rings. The van der Waals surface area contributed by atoms with Gasteiger partial charge in [-0.3, -0.25) is 0 Å². The third-order valence-electron chi connectivity index (χ3n) is 3.81. The molecular formula is C18H18O2. The topological polar surface area (TPSA) is 33.4 Å². The lowest BCUT2D eigenvalue weighted by atomic mass is 10.0. The molecule has 0 aliphatic rings. The van der Waals surface area contributed by atoms with E-state index in [1.165, 1.54) is 16.7 Å². The number of fused-ring (bicyclic) bond motifs is 1. The van der Waals surface area contributed by atoms with Crippen LogP contribution in [0.3, 0.4) is 0 Å². The number of rotatable bonds is 2. The number of hydrogen-bond donors (Lipinski definition) is 1. The van der Waals surface area contributed by atoms with Crippen LogP contribution in [0.4, 0.5) is 0 Å². The average Bonchev–Trinajstić information content (AvgIpc) is 2.84. The summed E-state index contributed by atoms with van der Waals surface area (Å²) in [6.07, 6.45) is -0.720. The Bertz CT molecular complexity index is 768. The molecule has 1 N–H and O–H groups in total. The van der Waals surface area contributed by atoms with Crippen LogP contribution in [-0.2, 0) is 0 Å². The molecule has 1 atom stereocenters. The Kier molecular flexibility index (Phi) is 3.11. The van der Waals surface area contributed by atoms with E-state index in [0.717, 1.165) is 16.5 Å². The molecule has 1 heterocycles. The lowest BCUT2D eigenvalue weighted by Gasteiger charge is -2.10. The first-order valence-electron chi connectivity index (χ1n) is 6.80. The van der Waals surface area contributed by atoms with Crippen molar-refractivity contribution in [3.8, 4) is 0 Å². The van der Waals surface area contributed by atoms with Gasteiger partial charge in [0, 0.05) is 5.39 Å². The SMILES string of the molecule is Cc1ccc2oc(C(O)c3ccc(C)c(C)c3)cc2c1. The highest BCUT2D eigenvalue weighted by atomic mass is 16.4. The summed E-state index contributed by atoms with van der Waals surface area (Å²) < 4.78 is 5.76. The predicted octanol–water partition coefficient (Wildman–Crippen LogP) is 4.44. The highest BCUT2D eigenvalue weighted by molar-refractivity contribution is 5.78. The van der Waals surface area contributed by atoms with Gasteiger partial charge in [-0.15, -0.1) is 0 Å². The van der Waals surface area contributed by atoms with Crippen LogP contribution in [0.25, 0.3) is 11.0 Å². The number of aliphatic hydroxyl groups is 1. The highest BCUT2D eigenvalue weighted by Crippen LogP contribution is 2.29. The largest absolute Gasteiger partial charge is 0.458 e. The van der Waals surface area contributed by atoms with Crippen LogP contribution >= 0.6 is 0 Å². The molecule has 0 spiro atoms. The molecule has 2 aromatic carbocycles. The standard InChI is InChI=1S/C18H18O2/c1-11-4-7-16-15(8-11)10-17(20-16)18(19)14-6-5-12(2)13(3)9-14/h4-10,18-19H,1-3H3. The van der Waals surface area contributed by atoms with Crippen LogP contribution < -0.4 is 0 Å². The second kappa shape index (κ2) is 4.80. The fraction of sp³-hybridized carbons (Fsp3) is 0.222. The Hall–Kier alpha value is -2.06. The van der Waals surface area contributed by atoms with E-state index in [0.29, 0.717) is 5.76 Å². The van der Waals surface area contributed by atoms with Crippen molar-refractivity contribution in [2.45, 2.75) is 26.9 Å². The van der Waals surface area contributed by atoms with Crippen molar-refractivity contribution in [3.63, 3.8) is 0 Å². The Balaban J connectivity index is 2.02. The third kappa shape index (κ3) is 2.23. The lowest BCUT2D eigenvalue weighted by molar-refractivity contribution is 0.192. The molecule has 0 aliphatic heterocycles. The minimum Gasteiger partial charge on any atom is -0.458 e. The average molecular weight is 266 g/mol. The first-order chi connectivity index (χ1) is 9.54. The zero-order valence-corrected chi connectivity index (χ0v) is 12.0. The van der Waals surface area contributed by atoms with Crippen molar-refractivity contribution < 1.29 is 9.52 Å². The van der Waals surface area contributed by atoms with Gasteiger partial charge in [0.25, 0.3) is 0 Å². The first-order valence-corrected chi connectivity index (χ1v) is 6.80. The van der Waals surface area contributed by atoms with Gasteiger partial charge < -0.3 is 9.52 Å². The van der Waals surface area contributed by atoms with Crippen LogP contribution in [0.15, 0.2) is 46.9 Å². The fourth-order valence-corrected chi connectivity index (χ4v) is 2.42. The van der Waals surface area contributed by atoms with E-state index >= 15 is 0 Å². The molecule has 1 aromatic heterocycles. The molecule has 3 rings (SSSR count). The fourth-order valence-electron chi connectivity index (χ4n) is 2.42. The molecule has 102 valence electrons. The normalized spacial score (nSPS) is 12.8. The maximum absolute atomic E-state index is 10.5. The zero-order valence-electron chi connectivity index (χ0n) is 12.0. The molecule has 0 amide bonds. The van der Waals surface area contributed by atoms with E-state index in [1.54, 1.807) is 0 Å². The molecule has 0 bridgehead atoms. The van der Waals surface area contributed by atoms with E-state index in [-0.39, 0.29) is 0 Å². The Morgan fingerprint density at radius 2 is 1.70 bits per heavy atom. The van der Waals surface area contributed by atoms with Gasteiger partial charge >= 0.3 is 0 Å². The second-order valence-electron chi connectivity index (χ2n) is 5.44. The maximum atomic E-state index is 10.5. The van der Waals surface area contributed by atoms with Crippen LogP contribution in [0.5, 0.6) is 0 Å². The maximum Gasteiger partial charge on any atom is 0.138 e. The summed E-state index contributed by atoms with van der Waals surface area (Å²) in [7, 11) is 0. The molecule has 20 heavy (non-hydrogen) atoms. The molecule has 2 nitrogen and oxygen atoms in total. The van der Waals surface area contributed by atoms with Crippen LogP contribution in [0.1, 0.15) is 34.1 Å². The summed E-state index contributed by atoms with van der Waals surface area (Å²) >= 11 is 0. The number of aryl methyl sites for hydroxylation is 3. The minimum atomic E-state index is -0.720. The van der Waals surface area contributed by atoms with Crippen molar-refractivity contribution in [1.82, 2.24) is 0 Å². The molecule has 1 unspecified atom stereocenters. The van der Waals surface area contributed by atoms with Crippen LogP contribution in [0, 0.1) is 20.8 Å². The zero-order chi connectivity index (χ0) is 14.3. The Morgan fingerprint density at radius 1 is 0.900 bits per heavy atom. The van der Waals surface area contributed by atoms with Gasteiger partial charge in [-0.25, -0.2) is 0 Å². The number of benzene rings is 2. The molecule has 0 saturated carbocycles. The van der Waals surface area contributed by atoms with Gasteiger partial charge in [0.15, 0.2) is 0 Å². The van der Waals surface area contributed by atoms with Crippen LogP contribution in [-0.4, -0.2) is 5.11 Å². The lowest BCUT2D eigenvalue weighted by Crippen LogP contribution is -1.98. The van der Waals surface area contributed by atoms with Gasteiger partial charge in [0.05, 0.1) is 0 Å². The molecule has 0 aliphatic carbocycles. The van der Waals surface area contributed by atoms with Gasteiger partial charge in [-0.05, 0) is 55.7 Å². The van der Waals surface area contributed by atoms with E-state index in [4.69, 9.17) is 4.42 Å². The van der Waals surface area contributed by atoms with Crippen molar-refractivity contribution in [2.75, 3.05) is 0 Å². The molecule has 2 heteroatoms. The minimum absolute atomic E-state index is 0.592. The summed E-state index contributed by atoms with van der Waals surface area (Å²) in [4.78, 5) is 0. The van der Waals surface area contributed by atoms with Crippen molar-refractivity contribution in [1.29, 1.82) is 0 Å². The first kappa shape index (κ1) is 12.9. The summed E-state index contributed by atoms with van der Waals surface area (Å²) in [6.45, 7) is 6.16. The summed E-state index contributed by atoms with van der Waals surface area (Å²) in [6, 6.07) is 13.9. The van der Waals surface area contributed by atoms with Crippen molar-refractivity contribution in [3.05, 3.63) is 70.5 Å². The summed E-state index contributed by atoms with van der Waals surface area (Å²) in [5, 5.41) is 11.5. The van der Waals surface area contributed by atoms with E-state index in [2.05, 4.69) is 13.0 Å². The summed E-state index contributed by atoms with van der Waals surface area (Å²) in [5.41, 5.74) is 5.26. The highest BCUT2D eigenvalue weighted by Gasteiger charge is 2.16. The smallest absolute Gasteiger partial charge is 0.138 e. The van der Waals surface area contributed by atoms with Crippen molar-refractivity contribution >= 4 is 11.0 Å². The Morgan fingerprint density at radius 3 is 2.45 bits per heavy atom. The third-order valence-corrected chi connectivity index (χ3v) is 3.81. The van der Waals surface area contributed by atoms with Gasteiger partial charge in [-0.1, -0.05) is 29.8 Å². The van der Waals surface area contributed by atoms with Gasteiger partial charge in [0.2, 0.25) is 0 Å². The summed E-state index contributed by atoms with van der Waals surface area (Å²) in [5.74, 6) is 0.592. The van der Waals surface area contributed by atoms with Crippen LogP contribution in [0.2, 0.25) is 0 Å². The van der Waals surface area contributed by atoms with E-state index in [1.807, 2.05) is 50.2 Å². The monoisotopic (exact) mass is 266 g/mol. The molecule has 0 fully saturated rings. The van der Waals surface area contributed by atoms with E-state index in [9.17, 15) is 5.11 Å². The molecule has 0 radical (unpaired) electrons. The number of hydrogen-bond acceptors (Lipinski definition) is 2. The quantitative estimate of drug-likeness (QED) is 0.744. The molecular weight excluding hydrogens is 248 g/mol. The Labute approximate surface area is 118 Å². The van der Waals surface area contributed by atoms with Gasteiger partial charge in [-0.2, -0.15) is 0 Å². The predicted molar refractivity (Wildman–Crippen MR) is 80.9 cm³/mol. The van der Waals surface area contributed by atoms with Gasteiger partial charge in [0.1, 0.15) is 17.4 Å². The molecule has 0 saturated heterocycles. The second-order valence-corrected chi connectivity index (χ2v) is 5.44. The van der Waals surface area contributed by atoms with E-state index < -0.39 is 6.10 Å².